The molecule has 0 spiro atoms. The molecule has 2 aliphatic carbocycles. The molecule has 2 aliphatic rings. The van der Waals surface area contributed by atoms with Gasteiger partial charge in [0.15, 0.2) is 0 Å². The van der Waals surface area contributed by atoms with Crippen LogP contribution in [0.3, 0.4) is 0 Å². The Labute approximate surface area is 465 Å². The van der Waals surface area contributed by atoms with E-state index in [4.69, 9.17) is 13.9 Å². The first-order valence-electron chi connectivity index (χ1n) is 31.2. The molecule has 74 heavy (non-hydrogen) atoms. The molecule has 0 saturated heterocycles. The van der Waals surface area contributed by atoms with Crippen LogP contribution in [0, 0.1) is 0 Å². The summed E-state index contributed by atoms with van der Waals surface area (Å²) in [7, 11) is -2.55. The van der Waals surface area contributed by atoms with E-state index in [1.54, 1.807) is 0 Å². The Morgan fingerprint density at radius 2 is 0.932 bits per heavy atom. The molecule has 422 valence electrons. The lowest BCUT2D eigenvalue weighted by Crippen LogP contribution is -2.66. The number of ether oxygens (including phenoxy) is 2. The maximum absolute atomic E-state index is 13.1. The minimum atomic E-state index is -2.55. The van der Waals surface area contributed by atoms with E-state index in [0.29, 0.717) is 18.9 Å². The quantitative estimate of drug-likeness (QED) is 0.0400. The van der Waals surface area contributed by atoms with Gasteiger partial charge in [0.05, 0.1) is 0 Å². The van der Waals surface area contributed by atoms with E-state index in [-0.39, 0.29) is 29.2 Å². The summed E-state index contributed by atoms with van der Waals surface area (Å²) in [6.45, 7) is 13.4. The van der Waals surface area contributed by atoms with Gasteiger partial charge in [-0.2, -0.15) is 23.5 Å². The van der Waals surface area contributed by atoms with E-state index in [1.165, 1.54) is 164 Å². The number of rotatable bonds is 43. The molecular formula is C65H111NO5S2Si. The van der Waals surface area contributed by atoms with Crippen molar-refractivity contribution in [2.24, 2.45) is 0 Å². The Kier molecular flexibility index (Phi) is 35.4. The van der Waals surface area contributed by atoms with Crippen molar-refractivity contribution < 1.29 is 23.5 Å². The topological polar surface area (TPSA) is 73.9 Å². The SMILES string of the molecule is CCCCCCCCC(=O)OC(CCCCCC(CCCCCC(CSC1CCCCC1)OC(=O)CCCCCCCC)NCCCCO[Si](c1ccccc1)(c1ccccc1)C(C)(C)C)CSC1CCCCC1. The van der Waals surface area contributed by atoms with Crippen molar-refractivity contribution in [1.29, 1.82) is 0 Å². The molecule has 0 heterocycles. The van der Waals surface area contributed by atoms with Gasteiger partial charge in [-0.1, -0.05) is 224 Å². The van der Waals surface area contributed by atoms with E-state index in [2.05, 4.69) is 124 Å². The average Bonchev–Trinajstić information content (AvgIpc) is 3.41. The number of unbranched alkanes of at least 4 members (excludes halogenated alkanes) is 15. The maximum atomic E-state index is 13.1. The highest BCUT2D eigenvalue weighted by Crippen LogP contribution is 2.37. The van der Waals surface area contributed by atoms with Gasteiger partial charge >= 0.3 is 11.9 Å². The summed E-state index contributed by atoms with van der Waals surface area (Å²) in [6.07, 6.45) is 42.3. The molecule has 1 N–H and O–H groups in total. The first-order valence-corrected chi connectivity index (χ1v) is 35.3. The number of carbonyl (C=O) groups is 2. The van der Waals surface area contributed by atoms with E-state index >= 15 is 0 Å². The number of nitrogens with one attached hydrogen (secondary N) is 1. The molecule has 2 fully saturated rings. The Morgan fingerprint density at radius 1 is 0.527 bits per heavy atom. The minimum Gasteiger partial charge on any atom is -0.461 e. The van der Waals surface area contributed by atoms with Gasteiger partial charge in [-0.05, 0) is 112 Å². The molecule has 4 rings (SSSR count). The molecule has 0 aliphatic heterocycles. The summed E-state index contributed by atoms with van der Waals surface area (Å²) in [6, 6.07) is 22.6. The highest BCUT2D eigenvalue weighted by Gasteiger charge is 2.50. The fourth-order valence-corrected chi connectivity index (χ4v) is 19.0. The van der Waals surface area contributed by atoms with Crippen LogP contribution < -0.4 is 15.7 Å². The lowest BCUT2D eigenvalue weighted by Gasteiger charge is -2.43. The molecule has 2 saturated carbocycles. The van der Waals surface area contributed by atoms with Gasteiger partial charge in [-0.25, -0.2) is 0 Å². The molecule has 0 bridgehead atoms. The van der Waals surface area contributed by atoms with Gasteiger partial charge in [0, 0.05) is 47.5 Å². The highest BCUT2D eigenvalue weighted by molar-refractivity contribution is 8.00. The number of hydrogen-bond acceptors (Lipinski definition) is 8. The van der Waals surface area contributed by atoms with Crippen LogP contribution in [0.2, 0.25) is 5.04 Å². The van der Waals surface area contributed by atoms with Crippen molar-refractivity contribution in [3.8, 4) is 0 Å². The third-order valence-corrected chi connectivity index (χ3v) is 24.2. The molecule has 2 atom stereocenters. The van der Waals surface area contributed by atoms with Crippen LogP contribution in [0.15, 0.2) is 60.7 Å². The predicted molar refractivity (Wildman–Crippen MR) is 325 cm³/mol. The number of carbonyl (C=O) groups excluding carboxylic acids is 2. The normalized spacial score (nSPS) is 16.2. The highest BCUT2D eigenvalue weighted by atomic mass is 32.2. The van der Waals surface area contributed by atoms with E-state index in [9.17, 15) is 9.59 Å². The van der Waals surface area contributed by atoms with Crippen molar-refractivity contribution in [2.75, 3.05) is 24.7 Å². The van der Waals surface area contributed by atoms with Crippen molar-refractivity contribution >= 4 is 54.2 Å². The summed E-state index contributed by atoms with van der Waals surface area (Å²) < 4.78 is 19.8. The third kappa shape index (κ3) is 27.2. The Balaban J connectivity index is 1.31. The Morgan fingerprint density at radius 3 is 1.36 bits per heavy atom. The molecule has 0 radical (unpaired) electrons. The van der Waals surface area contributed by atoms with E-state index in [0.717, 1.165) is 99.4 Å². The molecule has 2 aromatic rings. The lowest BCUT2D eigenvalue weighted by molar-refractivity contribution is -0.149. The Bertz CT molecular complexity index is 1560. The van der Waals surface area contributed by atoms with Crippen molar-refractivity contribution in [3.63, 3.8) is 0 Å². The van der Waals surface area contributed by atoms with Gasteiger partial charge in [-0.3, -0.25) is 9.59 Å². The summed E-state index contributed by atoms with van der Waals surface area (Å²) >= 11 is 4.16. The first-order chi connectivity index (χ1) is 36.1. The summed E-state index contributed by atoms with van der Waals surface area (Å²) in [4.78, 5) is 26.2. The lowest BCUT2D eigenvalue weighted by atomic mass is 9.99. The zero-order valence-electron chi connectivity index (χ0n) is 48.3. The average molecular weight is 1080 g/mol. The fourth-order valence-electron chi connectivity index (χ4n) is 11.6. The predicted octanol–water partition coefficient (Wildman–Crippen LogP) is 17.7. The maximum Gasteiger partial charge on any atom is 0.306 e. The van der Waals surface area contributed by atoms with E-state index < -0.39 is 8.32 Å². The summed E-state index contributed by atoms with van der Waals surface area (Å²) in [5, 5.41) is 8.19. The second kappa shape index (κ2) is 40.4. The number of thioether (sulfide) groups is 2. The molecule has 0 amide bonds. The number of esters is 2. The molecular weight excluding hydrogens is 967 g/mol. The minimum absolute atomic E-state index is 0.0219. The zero-order chi connectivity index (χ0) is 52.8. The van der Waals surface area contributed by atoms with Crippen LogP contribution >= 0.6 is 23.5 Å². The van der Waals surface area contributed by atoms with Crippen molar-refractivity contribution in [2.45, 2.75) is 300 Å². The van der Waals surface area contributed by atoms with Crippen molar-refractivity contribution in [1.82, 2.24) is 5.32 Å². The van der Waals surface area contributed by atoms with E-state index in [1.807, 2.05) is 0 Å². The molecule has 0 aromatic heterocycles. The van der Waals surface area contributed by atoms with Crippen molar-refractivity contribution in [3.05, 3.63) is 60.7 Å². The van der Waals surface area contributed by atoms with Gasteiger partial charge in [-0.15, -0.1) is 0 Å². The van der Waals surface area contributed by atoms with Gasteiger partial charge in [0.1, 0.15) is 12.2 Å². The smallest absolute Gasteiger partial charge is 0.306 e. The van der Waals surface area contributed by atoms with Gasteiger partial charge in [0.2, 0.25) is 0 Å². The third-order valence-electron chi connectivity index (χ3n) is 16.1. The van der Waals surface area contributed by atoms with Gasteiger partial charge < -0.3 is 19.2 Å². The molecule has 6 nitrogen and oxygen atoms in total. The largest absolute Gasteiger partial charge is 0.461 e. The van der Waals surface area contributed by atoms with Crippen LogP contribution in [-0.4, -0.2) is 73.7 Å². The fraction of sp³-hybridized carbons (Fsp3) is 0.785. The molecule has 2 unspecified atom stereocenters. The zero-order valence-corrected chi connectivity index (χ0v) is 50.9. The summed E-state index contributed by atoms with van der Waals surface area (Å²) in [5.41, 5.74) is 0. The Hall–Kier alpha value is -1.78. The second-order valence-electron chi connectivity index (χ2n) is 23.6. The second-order valence-corrected chi connectivity index (χ2v) is 30.6. The molecule has 2 aromatic carbocycles. The van der Waals surface area contributed by atoms with Crippen LogP contribution in [0.1, 0.15) is 266 Å². The number of hydrogen-bond donors (Lipinski definition) is 1. The molecule has 9 heteroatoms. The van der Waals surface area contributed by atoms with Crippen LogP contribution in [0.5, 0.6) is 0 Å². The standard InChI is InChI=1S/C65H111NO5S2Si/c1-6-8-10-12-14-34-50-63(67)70-57(54-72-59-42-26-18-27-43-59)40-24-16-22-38-56(66-52-36-37-53-69-74(65(3,4)5,61-46-30-20-31-47-61)62-48-32-21-33-49-62)39-23-17-25-41-58(55-73-60-44-28-19-29-45-60)71-64(68)51-35-15-13-11-9-7-2/h20-21,30-33,46-49,56-60,66H,6-19,22-29,34-45,50-55H2,1-5H3. The van der Waals surface area contributed by atoms with Gasteiger partial charge in [0.25, 0.3) is 8.32 Å². The monoisotopic (exact) mass is 1080 g/mol. The van der Waals surface area contributed by atoms with Crippen LogP contribution in [0.4, 0.5) is 0 Å². The van der Waals surface area contributed by atoms with Crippen LogP contribution in [0.25, 0.3) is 0 Å². The van der Waals surface area contributed by atoms with Crippen LogP contribution in [-0.2, 0) is 23.5 Å². The summed E-state index contributed by atoms with van der Waals surface area (Å²) in [5.74, 6) is 1.96. The first kappa shape index (κ1) is 64.7. The number of benzene rings is 2.